The highest BCUT2D eigenvalue weighted by atomic mass is 16.5. The monoisotopic (exact) mass is 287 g/mol. The van der Waals surface area contributed by atoms with Gasteiger partial charge in [-0.25, -0.2) is 0 Å². The maximum absolute atomic E-state index is 12.1. The number of aliphatic hydroxyl groups excluding tert-OH is 1. The summed E-state index contributed by atoms with van der Waals surface area (Å²) in [6.45, 7) is 3.35. The van der Waals surface area contributed by atoms with E-state index in [2.05, 4.69) is 17.2 Å². The summed E-state index contributed by atoms with van der Waals surface area (Å²) >= 11 is 0. The van der Waals surface area contributed by atoms with Crippen molar-refractivity contribution in [2.75, 3.05) is 19.8 Å². The molecule has 1 amide bonds. The molecule has 0 aliphatic carbocycles. The zero-order chi connectivity index (χ0) is 15.1. The van der Waals surface area contributed by atoms with Gasteiger partial charge in [-0.3, -0.25) is 4.79 Å². The molecule has 1 atom stereocenters. The molecule has 1 aliphatic heterocycles. The van der Waals surface area contributed by atoms with Crippen molar-refractivity contribution in [3.63, 3.8) is 0 Å². The second-order valence-corrected chi connectivity index (χ2v) is 5.15. The fourth-order valence-corrected chi connectivity index (χ4v) is 2.27. The minimum atomic E-state index is -0.0801. The van der Waals surface area contributed by atoms with E-state index in [1.807, 2.05) is 19.1 Å². The Labute approximate surface area is 125 Å². The van der Waals surface area contributed by atoms with Crippen LogP contribution in [-0.2, 0) is 4.74 Å². The zero-order valence-electron chi connectivity index (χ0n) is 12.3. The highest BCUT2D eigenvalue weighted by Crippen LogP contribution is 2.12. The average molecular weight is 287 g/mol. The van der Waals surface area contributed by atoms with Crippen LogP contribution >= 0.6 is 0 Å². The minimum absolute atomic E-state index is 0.0653. The first kappa shape index (κ1) is 15.6. The third-order valence-electron chi connectivity index (χ3n) is 3.46. The van der Waals surface area contributed by atoms with Crippen LogP contribution in [0.2, 0.25) is 0 Å². The molecule has 112 valence electrons. The molecule has 21 heavy (non-hydrogen) atoms. The Hall–Kier alpha value is -1.83. The highest BCUT2D eigenvalue weighted by Gasteiger charge is 2.16. The summed E-state index contributed by atoms with van der Waals surface area (Å²) in [6.07, 6.45) is 2.70. The van der Waals surface area contributed by atoms with Gasteiger partial charge in [0.25, 0.3) is 5.91 Å². The molecule has 0 spiro atoms. The Morgan fingerprint density at radius 2 is 2.38 bits per heavy atom. The Kier molecular flexibility index (Phi) is 5.79. The first-order valence-corrected chi connectivity index (χ1v) is 7.31. The molecule has 4 nitrogen and oxygen atoms in total. The highest BCUT2D eigenvalue weighted by molar-refractivity contribution is 5.94. The second kappa shape index (κ2) is 7.82. The summed E-state index contributed by atoms with van der Waals surface area (Å²) in [5.41, 5.74) is 2.49. The SMILES string of the molecule is Cc1cc(C(=O)NCC2CCCO2)ccc1C#CCCO. The second-order valence-electron chi connectivity index (χ2n) is 5.15. The van der Waals surface area contributed by atoms with E-state index < -0.39 is 0 Å². The number of aliphatic hydroxyl groups is 1. The standard InChI is InChI=1S/C17H21NO3/c1-13-11-15(8-7-14(13)5-2-3-9-19)17(20)18-12-16-6-4-10-21-16/h7-8,11,16,19H,3-4,6,9-10,12H2,1H3,(H,18,20). The van der Waals surface area contributed by atoms with Gasteiger partial charge < -0.3 is 15.2 Å². The van der Waals surface area contributed by atoms with Crippen molar-refractivity contribution >= 4 is 5.91 Å². The number of nitrogens with one attached hydrogen (secondary N) is 1. The Bertz CT molecular complexity index is 551. The maximum Gasteiger partial charge on any atom is 0.251 e. The zero-order valence-corrected chi connectivity index (χ0v) is 12.3. The van der Waals surface area contributed by atoms with Crippen molar-refractivity contribution in [2.45, 2.75) is 32.3 Å². The van der Waals surface area contributed by atoms with E-state index in [4.69, 9.17) is 9.84 Å². The minimum Gasteiger partial charge on any atom is -0.395 e. The fraction of sp³-hybridized carbons (Fsp3) is 0.471. The normalized spacial score (nSPS) is 17.1. The van der Waals surface area contributed by atoms with Crippen LogP contribution in [-0.4, -0.2) is 36.9 Å². The van der Waals surface area contributed by atoms with Gasteiger partial charge in [-0.1, -0.05) is 11.8 Å². The number of hydrogen-bond acceptors (Lipinski definition) is 3. The lowest BCUT2D eigenvalue weighted by Gasteiger charge is -2.11. The number of hydrogen-bond donors (Lipinski definition) is 2. The lowest BCUT2D eigenvalue weighted by Crippen LogP contribution is -2.31. The quantitative estimate of drug-likeness (QED) is 0.828. The molecule has 0 radical (unpaired) electrons. The Morgan fingerprint density at radius 1 is 1.52 bits per heavy atom. The summed E-state index contributed by atoms with van der Waals surface area (Å²) in [7, 11) is 0. The molecule has 0 bridgehead atoms. The van der Waals surface area contributed by atoms with Crippen molar-refractivity contribution in [3.05, 3.63) is 34.9 Å². The van der Waals surface area contributed by atoms with Crippen LogP contribution < -0.4 is 5.32 Å². The lowest BCUT2D eigenvalue weighted by atomic mass is 10.0. The number of amides is 1. The molecule has 1 fully saturated rings. The van der Waals surface area contributed by atoms with Crippen LogP contribution in [0.5, 0.6) is 0 Å². The fourth-order valence-electron chi connectivity index (χ4n) is 2.27. The van der Waals surface area contributed by atoms with Gasteiger partial charge in [0, 0.05) is 30.7 Å². The van der Waals surface area contributed by atoms with Crippen molar-refractivity contribution in [3.8, 4) is 11.8 Å². The van der Waals surface area contributed by atoms with Gasteiger partial charge >= 0.3 is 0 Å². The van der Waals surface area contributed by atoms with Crippen molar-refractivity contribution in [2.24, 2.45) is 0 Å². The molecular formula is C17H21NO3. The molecule has 0 aromatic heterocycles. The maximum atomic E-state index is 12.1. The molecular weight excluding hydrogens is 266 g/mol. The van der Waals surface area contributed by atoms with Crippen LogP contribution in [0.3, 0.4) is 0 Å². The first-order valence-electron chi connectivity index (χ1n) is 7.31. The molecule has 2 rings (SSSR count). The summed E-state index contributed by atoms with van der Waals surface area (Å²) in [5.74, 6) is 5.80. The molecule has 1 aliphatic rings. The lowest BCUT2D eigenvalue weighted by molar-refractivity contribution is 0.0857. The van der Waals surface area contributed by atoms with Crippen LogP contribution in [0.15, 0.2) is 18.2 Å². The molecule has 1 aromatic carbocycles. The third kappa shape index (κ3) is 4.59. The van der Waals surface area contributed by atoms with Crippen molar-refractivity contribution < 1.29 is 14.6 Å². The summed E-state index contributed by atoms with van der Waals surface area (Å²) in [4.78, 5) is 12.1. The van der Waals surface area contributed by atoms with E-state index in [1.165, 1.54) is 0 Å². The van der Waals surface area contributed by atoms with E-state index in [0.29, 0.717) is 18.5 Å². The van der Waals surface area contributed by atoms with Crippen LogP contribution in [0.4, 0.5) is 0 Å². The topological polar surface area (TPSA) is 58.6 Å². The molecule has 4 heteroatoms. The predicted octanol–water partition coefficient (Wildman–Crippen LogP) is 1.64. The number of ether oxygens (including phenoxy) is 1. The van der Waals surface area contributed by atoms with Gasteiger partial charge in [-0.05, 0) is 43.5 Å². The molecule has 1 unspecified atom stereocenters. The van der Waals surface area contributed by atoms with Crippen LogP contribution in [0.25, 0.3) is 0 Å². The number of carbonyl (C=O) groups is 1. The smallest absolute Gasteiger partial charge is 0.251 e. The van der Waals surface area contributed by atoms with Gasteiger partial charge in [0.1, 0.15) is 0 Å². The van der Waals surface area contributed by atoms with Gasteiger partial charge in [0.2, 0.25) is 0 Å². The molecule has 1 heterocycles. The van der Waals surface area contributed by atoms with Crippen LogP contribution in [0, 0.1) is 18.8 Å². The first-order chi connectivity index (χ1) is 10.2. The van der Waals surface area contributed by atoms with Gasteiger partial charge in [0.15, 0.2) is 0 Å². The van der Waals surface area contributed by atoms with E-state index in [1.54, 1.807) is 6.07 Å². The van der Waals surface area contributed by atoms with E-state index in [0.717, 1.165) is 30.6 Å². The summed E-state index contributed by atoms with van der Waals surface area (Å²) < 4.78 is 5.48. The van der Waals surface area contributed by atoms with Gasteiger partial charge in [0.05, 0.1) is 12.7 Å². The van der Waals surface area contributed by atoms with Crippen molar-refractivity contribution in [1.82, 2.24) is 5.32 Å². The third-order valence-corrected chi connectivity index (χ3v) is 3.46. The molecule has 0 saturated carbocycles. The predicted molar refractivity (Wildman–Crippen MR) is 81.1 cm³/mol. The number of rotatable bonds is 4. The van der Waals surface area contributed by atoms with E-state index in [9.17, 15) is 4.79 Å². The number of benzene rings is 1. The summed E-state index contributed by atoms with van der Waals surface area (Å²) in [5, 5.41) is 11.6. The summed E-state index contributed by atoms with van der Waals surface area (Å²) in [6, 6.07) is 5.47. The van der Waals surface area contributed by atoms with E-state index in [-0.39, 0.29) is 18.6 Å². The Morgan fingerprint density at radius 3 is 3.05 bits per heavy atom. The largest absolute Gasteiger partial charge is 0.395 e. The average Bonchev–Trinajstić information content (AvgIpc) is 3.00. The molecule has 2 N–H and O–H groups in total. The number of carbonyl (C=O) groups excluding carboxylic acids is 1. The van der Waals surface area contributed by atoms with Gasteiger partial charge in [-0.2, -0.15) is 0 Å². The van der Waals surface area contributed by atoms with Crippen molar-refractivity contribution in [1.29, 1.82) is 0 Å². The molecule has 1 saturated heterocycles. The van der Waals surface area contributed by atoms with Gasteiger partial charge in [-0.15, -0.1) is 0 Å². The van der Waals surface area contributed by atoms with Crippen LogP contribution in [0.1, 0.15) is 40.7 Å². The van der Waals surface area contributed by atoms with E-state index >= 15 is 0 Å². The number of aryl methyl sites for hydroxylation is 1. The Balaban J connectivity index is 1.95. The molecule has 1 aromatic rings.